The molecule has 2 atom stereocenters. The molecule has 5 nitrogen and oxygen atoms in total. The molecule has 1 aliphatic heterocycles. The summed E-state index contributed by atoms with van der Waals surface area (Å²) < 4.78 is 5.36. The Bertz CT molecular complexity index is 535. The quantitative estimate of drug-likeness (QED) is 0.853. The van der Waals surface area contributed by atoms with Gasteiger partial charge in [0, 0.05) is 24.2 Å². The summed E-state index contributed by atoms with van der Waals surface area (Å²) in [5.74, 6) is -0.186. The zero-order chi connectivity index (χ0) is 15.4. The van der Waals surface area contributed by atoms with Crippen molar-refractivity contribution in [2.45, 2.75) is 19.0 Å². The van der Waals surface area contributed by atoms with E-state index in [-0.39, 0.29) is 11.7 Å². The van der Waals surface area contributed by atoms with Crippen molar-refractivity contribution in [3.63, 3.8) is 0 Å². The predicted molar refractivity (Wildman–Crippen MR) is 80.6 cm³/mol. The van der Waals surface area contributed by atoms with Crippen molar-refractivity contribution in [3.05, 3.63) is 34.9 Å². The van der Waals surface area contributed by atoms with Gasteiger partial charge < -0.3 is 10.1 Å². The third kappa shape index (κ3) is 3.61. The van der Waals surface area contributed by atoms with E-state index < -0.39 is 12.1 Å². The number of ketones is 1. The van der Waals surface area contributed by atoms with E-state index in [9.17, 15) is 9.59 Å². The molecule has 1 fully saturated rings. The van der Waals surface area contributed by atoms with Crippen molar-refractivity contribution in [1.29, 1.82) is 0 Å². The Morgan fingerprint density at radius 1 is 1.48 bits per heavy atom. The Kier molecular flexibility index (Phi) is 5.33. The average Bonchev–Trinajstić information content (AvgIpc) is 2.52. The zero-order valence-electron chi connectivity index (χ0n) is 12.1. The molecule has 1 saturated heterocycles. The van der Waals surface area contributed by atoms with Gasteiger partial charge in [-0.3, -0.25) is 14.5 Å². The summed E-state index contributed by atoms with van der Waals surface area (Å²) in [7, 11) is 1.58. The van der Waals surface area contributed by atoms with Crippen molar-refractivity contribution in [2.75, 3.05) is 26.8 Å². The van der Waals surface area contributed by atoms with Gasteiger partial charge in [-0.05, 0) is 19.1 Å². The zero-order valence-corrected chi connectivity index (χ0v) is 12.9. The number of hydrogen-bond donors (Lipinski definition) is 1. The number of halogens is 1. The van der Waals surface area contributed by atoms with Gasteiger partial charge in [0.05, 0.1) is 19.3 Å². The topological polar surface area (TPSA) is 58.6 Å². The normalized spacial score (nSPS) is 20.8. The maximum absolute atomic E-state index is 12.6. The highest BCUT2D eigenvalue weighted by Gasteiger charge is 2.35. The fourth-order valence-corrected chi connectivity index (χ4v) is 2.70. The first-order chi connectivity index (χ1) is 10.0. The summed E-state index contributed by atoms with van der Waals surface area (Å²) in [5, 5.41) is 3.14. The second-order valence-electron chi connectivity index (χ2n) is 4.99. The summed E-state index contributed by atoms with van der Waals surface area (Å²) >= 11 is 5.93. The number of ether oxygens (including phenoxy) is 1. The monoisotopic (exact) mass is 310 g/mol. The van der Waals surface area contributed by atoms with Crippen LogP contribution in [0.1, 0.15) is 17.3 Å². The van der Waals surface area contributed by atoms with Crippen LogP contribution >= 0.6 is 11.6 Å². The van der Waals surface area contributed by atoms with Crippen LogP contribution in [0.2, 0.25) is 5.02 Å². The molecular weight excluding hydrogens is 292 g/mol. The van der Waals surface area contributed by atoms with Crippen LogP contribution in [0.3, 0.4) is 0 Å². The summed E-state index contributed by atoms with van der Waals surface area (Å²) in [6.07, 6.45) is 0. The van der Waals surface area contributed by atoms with Crippen molar-refractivity contribution >= 4 is 23.3 Å². The standard InChI is InChI=1S/C15H19ClN2O3/c1-10(14(19)11-4-3-5-12(16)8-11)18-6-7-21-9-13(18)15(20)17-2/h3-5,8,10,13H,6-7,9H2,1-2H3,(H,17,20). The van der Waals surface area contributed by atoms with E-state index >= 15 is 0 Å². The molecule has 1 aromatic carbocycles. The van der Waals surface area contributed by atoms with E-state index in [1.54, 1.807) is 31.3 Å². The number of nitrogens with one attached hydrogen (secondary N) is 1. The molecule has 0 radical (unpaired) electrons. The van der Waals surface area contributed by atoms with Gasteiger partial charge in [0.2, 0.25) is 5.91 Å². The maximum Gasteiger partial charge on any atom is 0.239 e. The van der Waals surface area contributed by atoms with Crippen LogP contribution in [0.25, 0.3) is 0 Å². The minimum Gasteiger partial charge on any atom is -0.378 e. The smallest absolute Gasteiger partial charge is 0.239 e. The lowest BCUT2D eigenvalue weighted by molar-refractivity contribution is -0.132. The largest absolute Gasteiger partial charge is 0.378 e. The van der Waals surface area contributed by atoms with Crippen LogP contribution in [-0.2, 0) is 9.53 Å². The van der Waals surface area contributed by atoms with E-state index in [1.165, 1.54) is 0 Å². The van der Waals surface area contributed by atoms with Crippen molar-refractivity contribution in [2.24, 2.45) is 0 Å². The molecule has 1 N–H and O–H groups in total. The molecule has 0 aromatic heterocycles. The lowest BCUT2D eigenvalue weighted by Crippen LogP contribution is -2.57. The van der Waals surface area contributed by atoms with Gasteiger partial charge in [0.15, 0.2) is 5.78 Å². The maximum atomic E-state index is 12.6. The number of hydrogen-bond acceptors (Lipinski definition) is 4. The molecule has 0 spiro atoms. The van der Waals surface area contributed by atoms with Crippen LogP contribution in [0.15, 0.2) is 24.3 Å². The first-order valence-electron chi connectivity index (χ1n) is 6.89. The summed E-state index contributed by atoms with van der Waals surface area (Å²) in [5.41, 5.74) is 0.553. The number of Topliss-reactive ketones (excluding diaryl/α,β-unsaturated/α-hetero) is 1. The molecule has 0 aliphatic carbocycles. The second kappa shape index (κ2) is 7.02. The number of carbonyl (C=O) groups excluding carboxylic acids is 2. The molecule has 21 heavy (non-hydrogen) atoms. The van der Waals surface area contributed by atoms with Gasteiger partial charge >= 0.3 is 0 Å². The Hall–Kier alpha value is -1.43. The number of amides is 1. The average molecular weight is 311 g/mol. The fourth-order valence-electron chi connectivity index (χ4n) is 2.51. The van der Waals surface area contributed by atoms with E-state index in [0.29, 0.717) is 30.3 Å². The SMILES string of the molecule is CNC(=O)C1COCCN1C(C)C(=O)c1cccc(Cl)c1. The molecular formula is C15H19ClN2O3. The summed E-state index contributed by atoms with van der Waals surface area (Å²) in [6.45, 7) is 3.17. The Balaban J connectivity index is 2.18. The third-order valence-electron chi connectivity index (χ3n) is 3.70. The van der Waals surface area contributed by atoms with Crippen LogP contribution in [0.4, 0.5) is 0 Å². The Morgan fingerprint density at radius 3 is 2.90 bits per heavy atom. The molecule has 114 valence electrons. The molecule has 0 bridgehead atoms. The van der Waals surface area contributed by atoms with E-state index in [4.69, 9.17) is 16.3 Å². The van der Waals surface area contributed by atoms with Gasteiger partial charge in [-0.15, -0.1) is 0 Å². The third-order valence-corrected chi connectivity index (χ3v) is 3.94. The Labute approximate surface area is 129 Å². The highest BCUT2D eigenvalue weighted by atomic mass is 35.5. The predicted octanol–water partition coefficient (Wildman–Crippen LogP) is 1.36. The molecule has 2 unspecified atom stereocenters. The van der Waals surface area contributed by atoms with E-state index in [2.05, 4.69) is 5.32 Å². The van der Waals surface area contributed by atoms with Crippen LogP contribution in [0, 0.1) is 0 Å². The number of nitrogens with zero attached hydrogens (tertiary/aromatic N) is 1. The molecule has 6 heteroatoms. The summed E-state index contributed by atoms with van der Waals surface area (Å²) in [6, 6.07) is 6.01. The first kappa shape index (κ1) is 15.9. The van der Waals surface area contributed by atoms with Crippen LogP contribution < -0.4 is 5.32 Å². The second-order valence-corrected chi connectivity index (χ2v) is 5.43. The van der Waals surface area contributed by atoms with Crippen molar-refractivity contribution in [1.82, 2.24) is 10.2 Å². The van der Waals surface area contributed by atoms with Crippen LogP contribution in [-0.4, -0.2) is 55.5 Å². The number of carbonyl (C=O) groups is 2. The molecule has 1 amide bonds. The van der Waals surface area contributed by atoms with Gasteiger partial charge in [-0.25, -0.2) is 0 Å². The first-order valence-corrected chi connectivity index (χ1v) is 7.27. The minimum atomic E-state index is -0.443. The summed E-state index contributed by atoms with van der Waals surface area (Å²) in [4.78, 5) is 26.4. The molecule has 2 rings (SSSR count). The van der Waals surface area contributed by atoms with E-state index in [1.807, 2.05) is 11.8 Å². The number of benzene rings is 1. The molecule has 0 saturated carbocycles. The van der Waals surface area contributed by atoms with Crippen molar-refractivity contribution in [3.8, 4) is 0 Å². The van der Waals surface area contributed by atoms with Gasteiger partial charge in [0.1, 0.15) is 6.04 Å². The van der Waals surface area contributed by atoms with Gasteiger partial charge in [-0.2, -0.15) is 0 Å². The molecule has 1 heterocycles. The van der Waals surface area contributed by atoms with Gasteiger partial charge in [0.25, 0.3) is 0 Å². The van der Waals surface area contributed by atoms with Crippen molar-refractivity contribution < 1.29 is 14.3 Å². The number of rotatable bonds is 4. The van der Waals surface area contributed by atoms with Crippen LogP contribution in [0.5, 0.6) is 0 Å². The lowest BCUT2D eigenvalue weighted by atomic mass is 10.0. The number of likely N-dealkylation sites (N-methyl/N-ethyl adjacent to an activating group) is 1. The van der Waals surface area contributed by atoms with Gasteiger partial charge in [-0.1, -0.05) is 23.7 Å². The fraction of sp³-hybridized carbons (Fsp3) is 0.467. The Morgan fingerprint density at radius 2 is 2.24 bits per heavy atom. The molecule has 1 aromatic rings. The highest BCUT2D eigenvalue weighted by molar-refractivity contribution is 6.31. The highest BCUT2D eigenvalue weighted by Crippen LogP contribution is 2.18. The number of morpholine rings is 1. The van der Waals surface area contributed by atoms with E-state index in [0.717, 1.165) is 0 Å². The lowest BCUT2D eigenvalue weighted by Gasteiger charge is -2.37. The minimum absolute atomic E-state index is 0.0479. The molecule has 1 aliphatic rings.